The maximum atomic E-state index is 6.78. The predicted molar refractivity (Wildman–Crippen MR) is 134 cm³/mol. The van der Waals surface area contributed by atoms with Crippen molar-refractivity contribution in [2.75, 3.05) is 18.0 Å². The number of aromatic nitrogens is 3. The molecule has 3 aromatic rings. The summed E-state index contributed by atoms with van der Waals surface area (Å²) in [5, 5.41) is 1.26. The quantitative estimate of drug-likeness (QED) is 0.518. The minimum Gasteiger partial charge on any atom is -0.342 e. The molecule has 2 aliphatic carbocycles. The highest BCUT2D eigenvalue weighted by Crippen LogP contribution is 2.51. The molecule has 2 N–H and O–H groups in total. The molecule has 2 atom stereocenters. The summed E-state index contributed by atoms with van der Waals surface area (Å²) in [7, 11) is 0. The van der Waals surface area contributed by atoms with Crippen LogP contribution in [0.2, 0.25) is 0 Å². The van der Waals surface area contributed by atoms with Crippen molar-refractivity contribution < 1.29 is 0 Å². The maximum Gasteiger partial charge on any atom is 0.211 e. The third-order valence-corrected chi connectivity index (χ3v) is 8.80. The van der Waals surface area contributed by atoms with Crippen molar-refractivity contribution in [2.45, 2.75) is 44.6 Å². The van der Waals surface area contributed by atoms with E-state index in [1.807, 2.05) is 18.5 Å². The zero-order valence-corrected chi connectivity index (χ0v) is 20.2. The van der Waals surface area contributed by atoms with Crippen molar-refractivity contribution in [3.05, 3.63) is 81.3 Å². The van der Waals surface area contributed by atoms with Gasteiger partial charge in [0.2, 0.25) is 5.95 Å². The summed E-state index contributed by atoms with van der Waals surface area (Å²) in [6, 6.07) is 8.78. The van der Waals surface area contributed by atoms with Crippen LogP contribution in [0.1, 0.15) is 53.6 Å². The van der Waals surface area contributed by atoms with Gasteiger partial charge in [-0.15, -0.1) is 0 Å². The molecular weight excluding hydrogens is 453 g/mol. The average Bonchev–Trinajstić information content (AvgIpc) is 3.40. The van der Waals surface area contributed by atoms with Gasteiger partial charge in [0.1, 0.15) is 5.65 Å². The number of rotatable bonds is 2. The van der Waals surface area contributed by atoms with E-state index in [4.69, 9.17) is 38.9 Å². The number of piperidine rings is 1. The molecule has 0 bridgehead atoms. The molecule has 1 spiro atoms. The Labute approximate surface area is 203 Å². The van der Waals surface area contributed by atoms with E-state index in [0.29, 0.717) is 10.1 Å². The number of fused-ring (bicyclic) bond motifs is 2. The molecule has 1 aliphatic heterocycles. The van der Waals surface area contributed by atoms with E-state index in [1.54, 1.807) is 0 Å². The number of allylic oxidation sites excluding steroid dienone is 4. The van der Waals surface area contributed by atoms with Gasteiger partial charge in [-0.25, -0.2) is 9.97 Å². The van der Waals surface area contributed by atoms with E-state index in [9.17, 15) is 0 Å². The van der Waals surface area contributed by atoms with Crippen LogP contribution < -0.4 is 10.6 Å². The molecule has 1 saturated heterocycles. The Morgan fingerprint density at radius 2 is 1.94 bits per heavy atom. The highest BCUT2D eigenvalue weighted by atomic mass is 35.5. The van der Waals surface area contributed by atoms with Crippen molar-refractivity contribution >= 4 is 34.8 Å². The summed E-state index contributed by atoms with van der Waals surface area (Å²) in [4.78, 5) is 12.2. The van der Waals surface area contributed by atoms with E-state index in [2.05, 4.69) is 46.6 Å². The Kier molecular flexibility index (Phi) is 5.05. The number of hydrogen-bond acceptors (Lipinski definition) is 4. The van der Waals surface area contributed by atoms with Gasteiger partial charge in [0.15, 0.2) is 0 Å². The molecule has 1 aromatic carbocycles. The maximum absolute atomic E-state index is 6.78. The fourth-order valence-corrected chi connectivity index (χ4v) is 6.56. The van der Waals surface area contributed by atoms with Crippen molar-refractivity contribution in [3.8, 4) is 0 Å². The second-order valence-electron chi connectivity index (χ2n) is 9.62. The Hall–Kier alpha value is -2.34. The van der Waals surface area contributed by atoms with E-state index in [0.717, 1.165) is 61.6 Å². The van der Waals surface area contributed by atoms with Gasteiger partial charge in [-0.1, -0.05) is 53.5 Å². The standard InChI is InChI=1S/C26H27Cl2N5/c1-16-21(19-7-4-8-20(27)22(19)28)24-30-11-14-33(24)25(31-16)32-12-9-26(10-13-32)15-17-5-2-3-6-18(17)23(26)29/h2-6,8,11,14,19,23H,7,9-10,12-13,15,29H2,1H3/t19?,23-/m1/s1. The Bertz CT molecular complexity index is 1300. The first kappa shape index (κ1) is 21.2. The van der Waals surface area contributed by atoms with E-state index in [-0.39, 0.29) is 17.4 Å². The van der Waals surface area contributed by atoms with E-state index >= 15 is 0 Å². The smallest absolute Gasteiger partial charge is 0.211 e. The lowest BCUT2D eigenvalue weighted by molar-refractivity contribution is 0.186. The van der Waals surface area contributed by atoms with Crippen LogP contribution in [0.3, 0.4) is 0 Å². The molecular formula is C26H27Cl2N5. The van der Waals surface area contributed by atoms with Crippen molar-refractivity contribution in [2.24, 2.45) is 11.1 Å². The highest BCUT2D eigenvalue weighted by molar-refractivity contribution is 6.40. The second-order valence-corrected chi connectivity index (χ2v) is 10.4. The van der Waals surface area contributed by atoms with E-state index < -0.39 is 0 Å². The number of benzene rings is 1. The van der Waals surface area contributed by atoms with Crippen LogP contribution in [-0.2, 0) is 6.42 Å². The van der Waals surface area contributed by atoms with Gasteiger partial charge >= 0.3 is 0 Å². The lowest BCUT2D eigenvalue weighted by atomic mass is 9.73. The van der Waals surface area contributed by atoms with Crippen LogP contribution in [0.25, 0.3) is 5.65 Å². The number of nitrogens with zero attached hydrogens (tertiary/aromatic N) is 4. The summed E-state index contributed by atoms with van der Waals surface area (Å²) in [5.74, 6) is 0.926. The third-order valence-electron chi connectivity index (χ3n) is 7.91. The number of aryl methyl sites for hydroxylation is 1. The van der Waals surface area contributed by atoms with Crippen LogP contribution in [0.15, 0.2) is 58.9 Å². The molecule has 0 amide bonds. The minimum atomic E-state index is -0.0183. The molecule has 33 heavy (non-hydrogen) atoms. The fourth-order valence-electron chi connectivity index (χ4n) is 6.08. The summed E-state index contributed by atoms with van der Waals surface area (Å²) in [6.07, 6.45) is 11.8. The molecule has 7 heteroatoms. The average molecular weight is 480 g/mol. The van der Waals surface area contributed by atoms with Crippen LogP contribution >= 0.6 is 23.2 Å². The van der Waals surface area contributed by atoms with Crippen LogP contribution in [-0.4, -0.2) is 27.5 Å². The molecule has 3 aliphatic rings. The Morgan fingerprint density at radius 3 is 2.73 bits per heavy atom. The summed E-state index contributed by atoms with van der Waals surface area (Å²) >= 11 is 13.0. The number of anilines is 1. The first-order chi connectivity index (χ1) is 16.0. The molecule has 2 aromatic heterocycles. The molecule has 170 valence electrons. The van der Waals surface area contributed by atoms with Gasteiger partial charge < -0.3 is 10.6 Å². The number of halogens is 2. The molecule has 3 heterocycles. The molecule has 0 radical (unpaired) electrons. The highest BCUT2D eigenvalue weighted by Gasteiger charge is 2.46. The Morgan fingerprint density at radius 1 is 1.15 bits per heavy atom. The van der Waals surface area contributed by atoms with Gasteiger partial charge in [0.05, 0.1) is 5.03 Å². The molecule has 0 saturated carbocycles. The predicted octanol–water partition coefficient (Wildman–Crippen LogP) is 5.61. The van der Waals surface area contributed by atoms with Gasteiger partial charge in [-0.05, 0) is 55.2 Å². The monoisotopic (exact) mass is 479 g/mol. The zero-order valence-electron chi connectivity index (χ0n) is 18.6. The lowest BCUT2D eigenvalue weighted by Gasteiger charge is -2.42. The number of imidazole rings is 1. The summed E-state index contributed by atoms with van der Waals surface area (Å²) in [6.45, 7) is 3.91. The SMILES string of the molecule is Cc1nc(N2CCC3(CC2)Cc2ccccc2[C@H]3N)n2ccnc2c1C1CC=CC(Cl)=C1Cl. The van der Waals surface area contributed by atoms with Crippen LogP contribution in [0, 0.1) is 12.3 Å². The zero-order chi connectivity index (χ0) is 22.7. The Balaban J connectivity index is 1.31. The van der Waals surface area contributed by atoms with Crippen molar-refractivity contribution in [1.82, 2.24) is 14.4 Å². The van der Waals surface area contributed by atoms with Crippen molar-refractivity contribution in [3.63, 3.8) is 0 Å². The normalized spacial score (nSPS) is 24.2. The lowest BCUT2D eigenvalue weighted by Crippen LogP contribution is -2.45. The molecule has 1 unspecified atom stereocenters. The van der Waals surface area contributed by atoms with Crippen LogP contribution in [0.5, 0.6) is 0 Å². The second kappa shape index (κ2) is 7.86. The van der Waals surface area contributed by atoms with Crippen LogP contribution in [0.4, 0.5) is 5.95 Å². The van der Waals surface area contributed by atoms with Gasteiger partial charge in [-0.3, -0.25) is 4.40 Å². The molecule has 5 nitrogen and oxygen atoms in total. The minimum absolute atomic E-state index is 0.0183. The topological polar surface area (TPSA) is 59.5 Å². The van der Waals surface area contributed by atoms with Gasteiger partial charge in [0.25, 0.3) is 0 Å². The number of hydrogen-bond donors (Lipinski definition) is 1. The van der Waals surface area contributed by atoms with Gasteiger partial charge in [0, 0.05) is 53.7 Å². The number of nitrogens with two attached hydrogens (primary N) is 1. The summed E-state index contributed by atoms with van der Waals surface area (Å²) in [5.41, 5.74) is 12.6. The fraction of sp³-hybridized carbons (Fsp3) is 0.385. The third kappa shape index (κ3) is 3.24. The van der Waals surface area contributed by atoms with E-state index in [1.165, 1.54) is 11.1 Å². The van der Waals surface area contributed by atoms with Crippen molar-refractivity contribution in [1.29, 1.82) is 0 Å². The first-order valence-corrected chi connectivity index (χ1v) is 12.4. The molecule has 6 rings (SSSR count). The molecule has 1 fully saturated rings. The first-order valence-electron chi connectivity index (χ1n) is 11.6. The summed E-state index contributed by atoms with van der Waals surface area (Å²) < 4.78 is 2.11. The largest absolute Gasteiger partial charge is 0.342 e. The van der Waals surface area contributed by atoms with Gasteiger partial charge in [-0.2, -0.15) is 0 Å².